The van der Waals surface area contributed by atoms with E-state index in [9.17, 15) is 14.0 Å². The predicted octanol–water partition coefficient (Wildman–Crippen LogP) is 2.37. The lowest BCUT2D eigenvalue weighted by molar-refractivity contribution is -0.137. The zero-order valence-corrected chi connectivity index (χ0v) is 18.6. The van der Waals surface area contributed by atoms with Crippen LogP contribution in [0, 0.1) is 5.82 Å². The largest absolute Gasteiger partial charge is 0.497 e. The van der Waals surface area contributed by atoms with Crippen molar-refractivity contribution < 1.29 is 28.2 Å². The van der Waals surface area contributed by atoms with E-state index in [4.69, 9.17) is 14.2 Å². The van der Waals surface area contributed by atoms with Crippen molar-refractivity contribution in [3.8, 4) is 11.5 Å². The molecule has 9 heteroatoms. The summed E-state index contributed by atoms with van der Waals surface area (Å²) in [5.41, 5.74) is 1.31. The lowest BCUT2D eigenvalue weighted by atomic mass is 10.0. The summed E-state index contributed by atoms with van der Waals surface area (Å²) in [6.45, 7) is 3.57. The summed E-state index contributed by atoms with van der Waals surface area (Å²) in [6.07, 6.45) is 0. The third-order valence-corrected chi connectivity index (χ3v) is 5.67. The Kier molecular flexibility index (Phi) is 6.90. The van der Waals surface area contributed by atoms with Crippen LogP contribution in [0.15, 0.2) is 48.2 Å². The summed E-state index contributed by atoms with van der Waals surface area (Å²) in [5.74, 6) is -0.220. The second-order valence-corrected chi connectivity index (χ2v) is 7.70. The minimum Gasteiger partial charge on any atom is -0.497 e. The van der Waals surface area contributed by atoms with Gasteiger partial charge in [0, 0.05) is 50.1 Å². The van der Waals surface area contributed by atoms with Crippen molar-refractivity contribution in [3.63, 3.8) is 0 Å². The Morgan fingerprint density at radius 2 is 1.58 bits per heavy atom. The van der Waals surface area contributed by atoms with E-state index < -0.39 is 17.6 Å². The van der Waals surface area contributed by atoms with Crippen LogP contribution in [0.1, 0.15) is 5.56 Å². The van der Waals surface area contributed by atoms with E-state index in [1.54, 1.807) is 18.2 Å². The first-order valence-electron chi connectivity index (χ1n) is 10.7. The molecule has 1 saturated heterocycles. The van der Waals surface area contributed by atoms with Crippen LogP contribution in [0.2, 0.25) is 0 Å². The van der Waals surface area contributed by atoms with E-state index in [1.165, 1.54) is 43.4 Å². The fraction of sp³-hybridized carbons (Fsp3) is 0.333. The van der Waals surface area contributed by atoms with Gasteiger partial charge in [-0.3, -0.25) is 19.4 Å². The number of imide groups is 1. The van der Waals surface area contributed by atoms with Crippen LogP contribution in [0.4, 0.5) is 10.1 Å². The molecule has 0 unspecified atom stereocenters. The number of hydrogen-bond donors (Lipinski definition) is 1. The standard InChI is InChI=1S/C24H26FN3O5/c1-31-19-13-18(14-20(15-19)32-2)26-22-21(16-3-5-17(25)6-4-16)23(29)28(24(22)30)8-7-27-9-11-33-12-10-27/h3-6,13-15,26H,7-12H2,1-2H3. The highest BCUT2D eigenvalue weighted by Crippen LogP contribution is 2.33. The smallest absolute Gasteiger partial charge is 0.278 e. The fourth-order valence-corrected chi connectivity index (χ4v) is 3.87. The van der Waals surface area contributed by atoms with Gasteiger partial charge in [0.15, 0.2) is 0 Å². The molecule has 33 heavy (non-hydrogen) atoms. The highest BCUT2D eigenvalue weighted by atomic mass is 19.1. The molecule has 0 spiro atoms. The van der Waals surface area contributed by atoms with Gasteiger partial charge in [-0.1, -0.05) is 12.1 Å². The van der Waals surface area contributed by atoms with Gasteiger partial charge >= 0.3 is 0 Å². The number of rotatable bonds is 8. The van der Waals surface area contributed by atoms with Gasteiger partial charge in [-0.25, -0.2) is 4.39 Å². The van der Waals surface area contributed by atoms with Crippen molar-refractivity contribution in [1.82, 2.24) is 9.80 Å². The Bertz CT molecular complexity index is 1040. The first kappa shape index (κ1) is 22.8. The molecule has 4 rings (SSSR count). The van der Waals surface area contributed by atoms with E-state index in [-0.39, 0.29) is 17.8 Å². The van der Waals surface area contributed by atoms with Crippen molar-refractivity contribution in [1.29, 1.82) is 0 Å². The molecule has 2 heterocycles. The van der Waals surface area contributed by atoms with Crippen LogP contribution in [0.5, 0.6) is 11.5 Å². The van der Waals surface area contributed by atoms with Gasteiger partial charge in [0.1, 0.15) is 23.0 Å². The summed E-state index contributed by atoms with van der Waals surface area (Å²) in [4.78, 5) is 30.1. The highest BCUT2D eigenvalue weighted by Gasteiger charge is 2.39. The minimum absolute atomic E-state index is 0.129. The number of ether oxygens (including phenoxy) is 3. The SMILES string of the molecule is COc1cc(NC2=C(c3ccc(F)cc3)C(=O)N(CCN3CCOCC3)C2=O)cc(OC)c1. The topological polar surface area (TPSA) is 80.3 Å². The van der Waals surface area contributed by atoms with Gasteiger partial charge in [0.25, 0.3) is 11.8 Å². The van der Waals surface area contributed by atoms with Crippen molar-refractivity contribution in [2.75, 3.05) is 58.9 Å². The number of hydrogen-bond acceptors (Lipinski definition) is 7. The zero-order chi connectivity index (χ0) is 23.4. The average Bonchev–Trinajstić information content (AvgIpc) is 3.07. The second-order valence-electron chi connectivity index (χ2n) is 7.70. The molecule has 0 saturated carbocycles. The monoisotopic (exact) mass is 455 g/mol. The zero-order valence-electron chi connectivity index (χ0n) is 18.6. The Hall–Kier alpha value is -3.43. The van der Waals surface area contributed by atoms with E-state index in [0.29, 0.717) is 42.5 Å². The summed E-state index contributed by atoms with van der Waals surface area (Å²) >= 11 is 0. The molecule has 174 valence electrons. The molecule has 1 N–H and O–H groups in total. The molecule has 0 atom stereocenters. The van der Waals surface area contributed by atoms with Crippen LogP contribution in [0.3, 0.4) is 0 Å². The molecular formula is C24H26FN3O5. The van der Waals surface area contributed by atoms with Gasteiger partial charge in [-0.05, 0) is 17.7 Å². The maximum Gasteiger partial charge on any atom is 0.278 e. The van der Waals surface area contributed by atoms with Gasteiger partial charge in [-0.2, -0.15) is 0 Å². The summed E-state index contributed by atoms with van der Waals surface area (Å²) < 4.78 is 29.5. The Morgan fingerprint density at radius 3 is 2.18 bits per heavy atom. The van der Waals surface area contributed by atoms with Gasteiger partial charge in [-0.15, -0.1) is 0 Å². The first-order chi connectivity index (χ1) is 16.0. The quantitative estimate of drug-likeness (QED) is 0.612. The summed E-state index contributed by atoms with van der Waals surface area (Å²) in [6, 6.07) is 10.6. The molecule has 0 radical (unpaired) electrons. The van der Waals surface area contributed by atoms with Crippen LogP contribution in [-0.2, 0) is 14.3 Å². The van der Waals surface area contributed by atoms with Crippen LogP contribution in [-0.4, -0.2) is 75.2 Å². The molecule has 0 aliphatic carbocycles. The molecular weight excluding hydrogens is 429 g/mol. The average molecular weight is 455 g/mol. The number of methoxy groups -OCH3 is 2. The van der Waals surface area contributed by atoms with E-state index >= 15 is 0 Å². The van der Waals surface area contributed by atoms with Crippen LogP contribution < -0.4 is 14.8 Å². The van der Waals surface area contributed by atoms with E-state index in [0.717, 1.165) is 13.1 Å². The van der Waals surface area contributed by atoms with Gasteiger partial charge < -0.3 is 19.5 Å². The number of benzene rings is 2. The van der Waals surface area contributed by atoms with Crippen molar-refractivity contribution >= 4 is 23.1 Å². The van der Waals surface area contributed by atoms with Gasteiger partial charge in [0.2, 0.25) is 0 Å². The molecule has 0 aromatic heterocycles. The molecule has 1 fully saturated rings. The van der Waals surface area contributed by atoms with Gasteiger partial charge in [0.05, 0.1) is 33.0 Å². The molecule has 2 amide bonds. The number of morpholine rings is 1. The summed E-state index contributed by atoms with van der Waals surface area (Å²) in [5, 5.41) is 3.08. The number of amides is 2. The highest BCUT2D eigenvalue weighted by molar-refractivity contribution is 6.36. The minimum atomic E-state index is -0.436. The van der Waals surface area contributed by atoms with Crippen LogP contribution in [0.25, 0.3) is 5.57 Å². The molecule has 0 bridgehead atoms. The van der Waals surface area contributed by atoms with Crippen LogP contribution >= 0.6 is 0 Å². The second kappa shape index (κ2) is 10.0. The van der Waals surface area contributed by atoms with E-state index in [2.05, 4.69) is 10.2 Å². The molecule has 2 aromatic carbocycles. The Balaban J connectivity index is 1.65. The van der Waals surface area contributed by atoms with Crippen molar-refractivity contribution in [2.24, 2.45) is 0 Å². The van der Waals surface area contributed by atoms with Crippen molar-refractivity contribution in [3.05, 3.63) is 59.5 Å². The maximum atomic E-state index is 13.5. The maximum absolute atomic E-state index is 13.5. The molecule has 8 nitrogen and oxygen atoms in total. The normalized spacial score (nSPS) is 17.0. The Labute approximate surface area is 191 Å². The number of carbonyl (C=O) groups is 2. The van der Waals surface area contributed by atoms with Crippen molar-refractivity contribution in [2.45, 2.75) is 0 Å². The number of carbonyl (C=O) groups excluding carboxylic acids is 2. The number of anilines is 1. The molecule has 2 aromatic rings. The first-order valence-corrected chi connectivity index (χ1v) is 10.7. The predicted molar refractivity (Wildman–Crippen MR) is 120 cm³/mol. The lowest BCUT2D eigenvalue weighted by Gasteiger charge is -2.28. The number of halogens is 1. The number of nitrogens with one attached hydrogen (secondary N) is 1. The molecule has 2 aliphatic rings. The summed E-state index contributed by atoms with van der Waals surface area (Å²) in [7, 11) is 3.05. The third kappa shape index (κ3) is 4.99. The number of nitrogens with zero attached hydrogens (tertiary/aromatic N) is 2. The fourth-order valence-electron chi connectivity index (χ4n) is 3.87. The van der Waals surface area contributed by atoms with E-state index in [1.807, 2.05) is 0 Å². The third-order valence-electron chi connectivity index (χ3n) is 5.67. The Morgan fingerprint density at radius 1 is 0.939 bits per heavy atom. The lowest BCUT2D eigenvalue weighted by Crippen LogP contribution is -2.43. The molecule has 2 aliphatic heterocycles.